The molecule has 0 atom stereocenters. The number of aromatic nitrogens is 3. The standard InChI is InChI=1S/C18H16F7N5O3/c1-16(19,20)33-15-11(18(23,24)25)12(30(29-15)7-8-5-17(21,22)6-8)14(32)28-9-2-3-27-10(4-9)13(26)31/h2-4,8H,5-7H2,1H3,(H2,26,31)(H,27,28,32). The molecule has 0 aliphatic heterocycles. The molecule has 3 N–H and O–H groups in total. The van der Waals surface area contributed by atoms with Gasteiger partial charge in [0.2, 0.25) is 5.92 Å². The lowest BCUT2D eigenvalue weighted by Gasteiger charge is -2.34. The number of nitrogens with zero attached hydrogens (tertiary/aromatic N) is 3. The number of nitrogens with two attached hydrogens (primary N) is 1. The Morgan fingerprint density at radius 3 is 2.42 bits per heavy atom. The summed E-state index contributed by atoms with van der Waals surface area (Å²) < 4.78 is 98.8. The molecular formula is C18H16F7N5O3. The monoisotopic (exact) mass is 483 g/mol. The minimum Gasteiger partial charge on any atom is -0.413 e. The number of amides is 2. The van der Waals surface area contributed by atoms with Gasteiger partial charge >= 0.3 is 12.3 Å². The van der Waals surface area contributed by atoms with Gasteiger partial charge in [0.05, 0.1) is 0 Å². The van der Waals surface area contributed by atoms with Crippen LogP contribution in [-0.2, 0) is 12.7 Å². The van der Waals surface area contributed by atoms with Crippen LogP contribution in [0, 0.1) is 5.92 Å². The average molecular weight is 483 g/mol. The van der Waals surface area contributed by atoms with Crippen molar-refractivity contribution in [3.05, 3.63) is 35.3 Å². The fourth-order valence-corrected chi connectivity index (χ4v) is 3.29. The molecule has 0 saturated heterocycles. The molecule has 3 rings (SSSR count). The number of nitrogens with one attached hydrogen (secondary N) is 1. The van der Waals surface area contributed by atoms with Crippen molar-refractivity contribution in [2.45, 2.75) is 44.5 Å². The molecular weight excluding hydrogens is 467 g/mol. The third-order valence-corrected chi connectivity index (χ3v) is 4.57. The van der Waals surface area contributed by atoms with E-state index in [2.05, 4.69) is 20.1 Å². The Morgan fingerprint density at radius 2 is 1.91 bits per heavy atom. The van der Waals surface area contributed by atoms with Gasteiger partial charge in [-0.3, -0.25) is 19.3 Å². The highest BCUT2D eigenvalue weighted by atomic mass is 19.4. The first-order valence-electron chi connectivity index (χ1n) is 9.25. The minimum atomic E-state index is -5.37. The Balaban J connectivity index is 2.04. The van der Waals surface area contributed by atoms with Crippen LogP contribution in [0.1, 0.15) is 46.3 Å². The van der Waals surface area contributed by atoms with E-state index in [1.165, 1.54) is 0 Å². The average Bonchev–Trinajstić information content (AvgIpc) is 2.96. The summed E-state index contributed by atoms with van der Waals surface area (Å²) in [7, 11) is 0. The lowest BCUT2D eigenvalue weighted by Crippen LogP contribution is -2.38. The minimum absolute atomic E-state index is 0.167. The third-order valence-electron chi connectivity index (χ3n) is 4.57. The quantitative estimate of drug-likeness (QED) is 0.584. The number of carbonyl (C=O) groups is 2. The molecule has 8 nitrogen and oxygen atoms in total. The van der Waals surface area contributed by atoms with Gasteiger partial charge in [-0.2, -0.15) is 22.0 Å². The highest BCUT2D eigenvalue weighted by Crippen LogP contribution is 2.45. The van der Waals surface area contributed by atoms with Crippen LogP contribution in [0.5, 0.6) is 5.88 Å². The SMILES string of the molecule is CC(F)(F)Oc1nn(CC2CC(F)(F)C2)c(C(=O)Nc2ccnc(C(N)=O)c2)c1C(F)(F)F. The van der Waals surface area contributed by atoms with E-state index in [9.17, 15) is 40.3 Å². The molecule has 2 aromatic heterocycles. The van der Waals surface area contributed by atoms with Gasteiger partial charge in [-0.1, -0.05) is 0 Å². The Morgan fingerprint density at radius 1 is 1.27 bits per heavy atom. The predicted octanol–water partition coefficient (Wildman–Crippen LogP) is 3.68. The molecule has 15 heteroatoms. The zero-order chi connectivity index (χ0) is 24.8. The molecule has 2 aromatic rings. The largest absolute Gasteiger partial charge is 0.423 e. The zero-order valence-electron chi connectivity index (χ0n) is 16.7. The Kier molecular flexibility index (Phi) is 6.02. The van der Waals surface area contributed by atoms with Crippen LogP contribution in [0.3, 0.4) is 0 Å². The number of ether oxygens (including phenoxy) is 1. The Hall–Kier alpha value is -3.39. The summed E-state index contributed by atoms with van der Waals surface area (Å²) in [4.78, 5) is 27.6. The summed E-state index contributed by atoms with van der Waals surface area (Å²) in [5, 5.41) is 5.41. The highest BCUT2D eigenvalue weighted by Gasteiger charge is 2.48. The smallest absolute Gasteiger partial charge is 0.413 e. The van der Waals surface area contributed by atoms with Crippen LogP contribution < -0.4 is 15.8 Å². The van der Waals surface area contributed by atoms with Gasteiger partial charge in [-0.05, 0) is 18.1 Å². The number of hydrogen-bond acceptors (Lipinski definition) is 5. The van der Waals surface area contributed by atoms with E-state index >= 15 is 0 Å². The first kappa shape index (κ1) is 24.3. The first-order valence-corrected chi connectivity index (χ1v) is 9.25. The van der Waals surface area contributed by atoms with E-state index in [0.717, 1.165) is 18.3 Å². The summed E-state index contributed by atoms with van der Waals surface area (Å²) in [6.45, 7) is -0.413. The molecule has 33 heavy (non-hydrogen) atoms. The number of pyridine rings is 1. The van der Waals surface area contributed by atoms with Crippen LogP contribution in [0.15, 0.2) is 18.3 Å². The van der Waals surface area contributed by atoms with Crippen molar-refractivity contribution >= 4 is 17.5 Å². The molecule has 1 aliphatic carbocycles. The van der Waals surface area contributed by atoms with Gasteiger partial charge in [0.25, 0.3) is 17.7 Å². The van der Waals surface area contributed by atoms with Gasteiger partial charge in [0, 0.05) is 38.2 Å². The van der Waals surface area contributed by atoms with Gasteiger partial charge < -0.3 is 15.8 Å². The second kappa shape index (κ2) is 8.19. The van der Waals surface area contributed by atoms with Crippen LogP contribution in [0.25, 0.3) is 0 Å². The van der Waals surface area contributed by atoms with Crippen LogP contribution in [-0.4, -0.2) is 38.6 Å². The number of alkyl halides is 7. The summed E-state index contributed by atoms with van der Waals surface area (Å²) in [6.07, 6.45) is -9.77. The van der Waals surface area contributed by atoms with Crippen molar-refractivity contribution in [1.82, 2.24) is 14.8 Å². The maximum Gasteiger partial charge on any atom is 0.423 e. The highest BCUT2D eigenvalue weighted by molar-refractivity contribution is 6.05. The second-order valence-electron chi connectivity index (χ2n) is 7.50. The third kappa shape index (κ3) is 5.70. The number of primary amides is 1. The summed E-state index contributed by atoms with van der Waals surface area (Å²) >= 11 is 0. The number of carbonyl (C=O) groups excluding carboxylic acids is 2. The van der Waals surface area contributed by atoms with Gasteiger partial charge in [0.15, 0.2) is 5.56 Å². The Bertz CT molecular complexity index is 1070. The molecule has 0 radical (unpaired) electrons. The summed E-state index contributed by atoms with van der Waals surface area (Å²) in [6, 6.07) is 2.10. The molecule has 1 fully saturated rings. The molecule has 2 amide bonds. The van der Waals surface area contributed by atoms with E-state index in [4.69, 9.17) is 5.73 Å². The molecule has 1 saturated carbocycles. The lowest BCUT2D eigenvalue weighted by atomic mass is 9.81. The second-order valence-corrected chi connectivity index (χ2v) is 7.50. The maximum atomic E-state index is 13.8. The number of anilines is 1. The van der Waals surface area contributed by atoms with Crippen molar-refractivity contribution in [1.29, 1.82) is 0 Å². The van der Waals surface area contributed by atoms with E-state index in [-0.39, 0.29) is 18.3 Å². The molecule has 0 bridgehead atoms. The van der Waals surface area contributed by atoms with Crippen molar-refractivity contribution in [2.75, 3.05) is 5.32 Å². The van der Waals surface area contributed by atoms with Gasteiger partial charge in [-0.25, -0.2) is 8.78 Å². The van der Waals surface area contributed by atoms with Crippen LogP contribution in [0.2, 0.25) is 0 Å². The van der Waals surface area contributed by atoms with Crippen LogP contribution >= 0.6 is 0 Å². The van der Waals surface area contributed by atoms with Crippen molar-refractivity contribution in [2.24, 2.45) is 11.7 Å². The van der Waals surface area contributed by atoms with E-state index in [1.54, 1.807) is 0 Å². The fourth-order valence-electron chi connectivity index (χ4n) is 3.29. The van der Waals surface area contributed by atoms with Crippen molar-refractivity contribution in [3.63, 3.8) is 0 Å². The lowest BCUT2D eigenvalue weighted by molar-refractivity contribution is -0.171. The van der Waals surface area contributed by atoms with Gasteiger partial charge in [0.1, 0.15) is 11.4 Å². The zero-order valence-corrected chi connectivity index (χ0v) is 16.7. The predicted molar refractivity (Wildman–Crippen MR) is 96.9 cm³/mol. The number of halogens is 7. The molecule has 180 valence electrons. The van der Waals surface area contributed by atoms with E-state index in [0.29, 0.717) is 4.68 Å². The normalized spacial score (nSPS) is 16.2. The molecule has 0 unspecified atom stereocenters. The van der Waals surface area contributed by atoms with Crippen molar-refractivity contribution in [3.8, 4) is 5.88 Å². The van der Waals surface area contributed by atoms with Crippen molar-refractivity contribution < 1.29 is 45.1 Å². The maximum absolute atomic E-state index is 13.8. The molecule has 1 aliphatic rings. The Labute approximate surface area is 180 Å². The number of rotatable bonds is 7. The summed E-state index contributed by atoms with van der Waals surface area (Å²) in [5.41, 5.74) is 1.42. The van der Waals surface area contributed by atoms with Crippen LogP contribution in [0.4, 0.5) is 36.4 Å². The van der Waals surface area contributed by atoms with E-state index < -0.39 is 72.5 Å². The molecule has 2 heterocycles. The topological polar surface area (TPSA) is 112 Å². The fraction of sp³-hybridized carbons (Fsp3) is 0.444. The number of hydrogen-bond donors (Lipinski definition) is 2. The summed E-state index contributed by atoms with van der Waals surface area (Å²) in [5.74, 6) is -7.91. The first-order chi connectivity index (χ1) is 15.1. The van der Waals surface area contributed by atoms with Gasteiger partial charge in [-0.15, -0.1) is 5.10 Å². The molecule has 0 spiro atoms. The van der Waals surface area contributed by atoms with E-state index in [1.807, 2.05) is 0 Å². The molecule has 0 aromatic carbocycles.